The molecule has 3 nitrogen and oxygen atoms in total. The maximum absolute atomic E-state index is 11.7. The third-order valence-electron chi connectivity index (χ3n) is 2.17. The lowest BCUT2D eigenvalue weighted by Gasteiger charge is -2.17. The van der Waals surface area contributed by atoms with Gasteiger partial charge in [-0.25, -0.2) is 0 Å². The molecule has 0 heterocycles. The van der Waals surface area contributed by atoms with Crippen LogP contribution >= 0.6 is 23.4 Å². The van der Waals surface area contributed by atoms with Gasteiger partial charge in [0.1, 0.15) is 0 Å². The maximum Gasteiger partial charge on any atom is 0.234 e. The average Bonchev–Trinajstić information content (AvgIpc) is 2.20. The highest BCUT2D eigenvalue weighted by Crippen LogP contribution is 2.20. The average molecular weight is 287 g/mol. The molecule has 0 saturated heterocycles. The molecule has 1 rings (SSSR count). The molecule has 0 atom stereocenters. The van der Waals surface area contributed by atoms with Gasteiger partial charge in [-0.2, -0.15) is 11.8 Å². The van der Waals surface area contributed by atoms with Gasteiger partial charge in [-0.3, -0.25) is 4.79 Å². The zero-order chi connectivity index (χ0) is 13.8. The molecule has 18 heavy (non-hydrogen) atoms. The number of nitrogens with two attached hydrogens (primary N) is 1. The molecule has 0 fully saturated rings. The Balaban J connectivity index is 2.45. The Morgan fingerprint density at radius 3 is 2.72 bits per heavy atom. The first-order valence-electron chi connectivity index (χ1n) is 5.70. The third-order valence-corrected chi connectivity index (χ3v) is 3.82. The Labute approximate surface area is 117 Å². The van der Waals surface area contributed by atoms with Crippen molar-refractivity contribution in [3.8, 4) is 0 Å². The molecule has 1 amide bonds. The van der Waals surface area contributed by atoms with Gasteiger partial charge >= 0.3 is 0 Å². The Kier molecular flexibility index (Phi) is 5.50. The van der Waals surface area contributed by atoms with Crippen molar-refractivity contribution in [1.29, 1.82) is 0 Å². The predicted octanol–water partition coefficient (Wildman–Crippen LogP) is 3.06. The van der Waals surface area contributed by atoms with E-state index in [1.165, 1.54) is 11.8 Å². The van der Waals surface area contributed by atoms with Crippen LogP contribution in [0, 0.1) is 6.92 Å². The van der Waals surface area contributed by atoms with E-state index in [0.717, 1.165) is 17.0 Å². The van der Waals surface area contributed by atoms with Crippen molar-refractivity contribution in [3.05, 3.63) is 28.8 Å². The van der Waals surface area contributed by atoms with E-state index in [9.17, 15) is 4.79 Å². The fraction of sp³-hybridized carbons (Fsp3) is 0.462. The molecular formula is C13H19ClN2OS. The number of carbonyl (C=O) groups excluding carboxylic acids is 1. The Bertz CT molecular complexity index is 429. The Morgan fingerprint density at radius 1 is 1.50 bits per heavy atom. The predicted molar refractivity (Wildman–Crippen MR) is 80.4 cm³/mol. The van der Waals surface area contributed by atoms with Crippen LogP contribution in [-0.2, 0) is 4.79 Å². The molecular weight excluding hydrogens is 268 g/mol. The van der Waals surface area contributed by atoms with Gasteiger partial charge in [-0.05, 0) is 44.5 Å². The minimum absolute atomic E-state index is 0.0188. The molecule has 1 aromatic rings. The monoisotopic (exact) mass is 286 g/mol. The number of carbonyl (C=O) groups is 1. The molecule has 1 aromatic carbocycles. The van der Waals surface area contributed by atoms with Crippen LogP contribution in [0.5, 0.6) is 0 Å². The maximum atomic E-state index is 11.7. The lowest BCUT2D eigenvalue weighted by atomic mass is 10.1. The zero-order valence-electron chi connectivity index (χ0n) is 10.9. The molecule has 0 aliphatic heterocycles. The van der Waals surface area contributed by atoms with Crippen LogP contribution < -0.4 is 11.1 Å². The molecule has 0 unspecified atom stereocenters. The lowest BCUT2D eigenvalue weighted by molar-refractivity contribution is -0.113. The summed E-state index contributed by atoms with van der Waals surface area (Å²) in [6.45, 7) is 5.81. The number of benzene rings is 1. The normalized spacial score (nSPS) is 11.4. The van der Waals surface area contributed by atoms with E-state index in [1.807, 2.05) is 32.9 Å². The Morgan fingerprint density at radius 2 is 2.17 bits per heavy atom. The summed E-state index contributed by atoms with van der Waals surface area (Å²) >= 11 is 7.39. The molecule has 5 heteroatoms. The third kappa shape index (κ3) is 5.76. The number of hydrogen-bond acceptors (Lipinski definition) is 3. The summed E-state index contributed by atoms with van der Waals surface area (Å²) in [6.07, 6.45) is 0. The van der Waals surface area contributed by atoms with E-state index in [-0.39, 0.29) is 11.4 Å². The second kappa shape index (κ2) is 6.45. The highest BCUT2D eigenvalue weighted by Gasteiger charge is 2.12. The first kappa shape index (κ1) is 15.3. The Hall–Kier alpha value is -0.710. The summed E-state index contributed by atoms with van der Waals surface area (Å²) in [4.78, 5) is 11.7. The number of hydrogen-bond donors (Lipinski definition) is 2. The first-order valence-corrected chi connectivity index (χ1v) is 7.24. The van der Waals surface area contributed by atoms with Gasteiger partial charge in [-0.15, -0.1) is 0 Å². The number of amides is 1. The molecule has 0 aromatic heterocycles. The summed E-state index contributed by atoms with van der Waals surface area (Å²) in [6, 6.07) is 5.40. The van der Waals surface area contributed by atoms with E-state index in [0.29, 0.717) is 10.8 Å². The summed E-state index contributed by atoms with van der Waals surface area (Å²) in [7, 11) is 0. The van der Waals surface area contributed by atoms with E-state index >= 15 is 0 Å². The van der Waals surface area contributed by atoms with Gasteiger partial charge < -0.3 is 11.1 Å². The van der Waals surface area contributed by atoms with E-state index in [4.69, 9.17) is 17.3 Å². The van der Waals surface area contributed by atoms with Gasteiger partial charge in [0.15, 0.2) is 0 Å². The molecule has 0 saturated carbocycles. The van der Waals surface area contributed by atoms with Crippen molar-refractivity contribution in [2.24, 2.45) is 5.73 Å². The van der Waals surface area contributed by atoms with Crippen LogP contribution in [0.3, 0.4) is 0 Å². The minimum Gasteiger partial charge on any atom is -0.325 e. The van der Waals surface area contributed by atoms with Crippen LogP contribution in [0.2, 0.25) is 5.02 Å². The first-order chi connectivity index (χ1) is 8.28. The van der Waals surface area contributed by atoms with Crippen molar-refractivity contribution >= 4 is 35.0 Å². The number of nitrogens with one attached hydrogen (secondary N) is 1. The second-order valence-electron chi connectivity index (χ2n) is 4.99. The van der Waals surface area contributed by atoms with E-state index < -0.39 is 0 Å². The fourth-order valence-corrected chi connectivity index (χ4v) is 2.47. The van der Waals surface area contributed by atoms with Crippen molar-refractivity contribution in [2.45, 2.75) is 26.3 Å². The molecule has 0 radical (unpaired) electrons. The highest BCUT2D eigenvalue weighted by atomic mass is 35.5. The van der Waals surface area contributed by atoms with Crippen LogP contribution in [0.25, 0.3) is 0 Å². The number of anilines is 1. The largest absolute Gasteiger partial charge is 0.325 e. The standard InChI is InChI=1S/C13H19ClN2OS/c1-9-6-10(14)4-5-11(9)16-12(17)7-18-8-13(2,3)15/h4-6H,7-8,15H2,1-3H3,(H,16,17). The molecule has 3 N–H and O–H groups in total. The van der Waals surface area contributed by atoms with Crippen molar-refractivity contribution in [1.82, 2.24) is 0 Å². The molecule has 100 valence electrons. The van der Waals surface area contributed by atoms with Gasteiger partial charge in [0.05, 0.1) is 5.75 Å². The van der Waals surface area contributed by atoms with Crippen LogP contribution in [-0.4, -0.2) is 23.0 Å². The van der Waals surface area contributed by atoms with Crippen molar-refractivity contribution in [2.75, 3.05) is 16.8 Å². The van der Waals surface area contributed by atoms with Crippen LogP contribution in [0.15, 0.2) is 18.2 Å². The topological polar surface area (TPSA) is 55.1 Å². The van der Waals surface area contributed by atoms with E-state index in [2.05, 4.69) is 5.32 Å². The number of rotatable bonds is 5. The quantitative estimate of drug-likeness (QED) is 0.875. The summed E-state index contributed by atoms with van der Waals surface area (Å²) in [5.74, 6) is 1.14. The van der Waals surface area contributed by atoms with Gasteiger partial charge in [-0.1, -0.05) is 11.6 Å². The number of aryl methyl sites for hydroxylation is 1. The minimum atomic E-state index is -0.249. The SMILES string of the molecule is Cc1cc(Cl)ccc1NC(=O)CSCC(C)(C)N. The van der Waals surface area contributed by atoms with E-state index in [1.54, 1.807) is 6.07 Å². The number of halogens is 1. The van der Waals surface area contributed by atoms with Crippen LogP contribution in [0.4, 0.5) is 5.69 Å². The summed E-state index contributed by atoms with van der Waals surface area (Å²) in [5, 5.41) is 3.54. The van der Waals surface area contributed by atoms with Crippen LogP contribution in [0.1, 0.15) is 19.4 Å². The molecule has 0 spiro atoms. The second-order valence-corrected chi connectivity index (χ2v) is 6.41. The number of thioether (sulfide) groups is 1. The van der Waals surface area contributed by atoms with Gasteiger partial charge in [0, 0.05) is 22.0 Å². The highest BCUT2D eigenvalue weighted by molar-refractivity contribution is 8.00. The fourth-order valence-electron chi connectivity index (χ4n) is 1.36. The van der Waals surface area contributed by atoms with Crippen molar-refractivity contribution in [3.63, 3.8) is 0 Å². The zero-order valence-corrected chi connectivity index (χ0v) is 12.5. The summed E-state index contributed by atoms with van der Waals surface area (Å²) < 4.78 is 0. The molecule has 0 aliphatic rings. The lowest BCUT2D eigenvalue weighted by Crippen LogP contribution is -2.35. The van der Waals surface area contributed by atoms with Gasteiger partial charge in [0.2, 0.25) is 5.91 Å². The summed E-state index contributed by atoms with van der Waals surface area (Å²) in [5.41, 5.74) is 7.36. The smallest absolute Gasteiger partial charge is 0.234 e. The molecule has 0 bridgehead atoms. The van der Waals surface area contributed by atoms with Crippen molar-refractivity contribution < 1.29 is 4.79 Å². The molecule has 0 aliphatic carbocycles. The van der Waals surface area contributed by atoms with Gasteiger partial charge in [0.25, 0.3) is 0 Å².